The second-order valence-corrected chi connectivity index (χ2v) is 4.68. The normalized spacial score (nSPS) is 16.5. The number of benzene rings is 1. The number of esters is 1. The van der Waals surface area contributed by atoms with Gasteiger partial charge < -0.3 is 10.1 Å². The Morgan fingerprint density at radius 3 is 2.65 bits per heavy atom. The van der Waals surface area contributed by atoms with Crippen LogP contribution in [-0.2, 0) is 16.0 Å². The molecule has 92 valence electrons. The largest absolute Gasteiger partial charge is 0.469 e. The number of rotatable bonds is 6. The van der Waals surface area contributed by atoms with E-state index in [-0.39, 0.29) is 11.4 Å². The van der Waals surface area contributed by atoms with E-state index in [0.29, 0.717) is 0 Å². The summed E-state index contributed by atoms with van der Waals surface area (Å²) in [6.07, 6.45) is 2.91. The number of carbonyl (C=O) groups excluding carboxylic acids is 1. The van der Waals surface area contributed by atoms with Crippen LogP contribution in [0.5, 0.6) is 0 Å². The predicted octanol–water partition coefficient (Wildman–Crippen LogP) is 1.77. The average Bonchev–Trinajstić information content (AvgIpc) is 3.16. The highest BCUT2D eigenvalue weighted by molar-refractivity contribution is 5.80. The average molecular weight is 233 g/mol. The molecular formula is C14H19NO2. The van der Waals surface area contributed by atoms with Crippen LogP contribution in [0.25, 0.3) is 0 Å². The van der Waals surface area contributed by atoms with E-state index in [1.54, 1.807) is 0 Å². The van der Waals surface area contributed by atoms with Crippen LogP contribution in [0, 0.1) is 5.41 Å². The lowest BCUT2D eigenvalue weighted by Gasteiger charge is -2.13. The van der Waals surface area contributed by atoms with Crippen molar-refractivity contribution in [3.8, 4) is 0 Å². The van der Waals surface area contributed by atoms with Crippen LogP contribution in [-0.4, -0.2) is 26.2 Å². The molecule has 3 heteroatoms. The summed E-state index contributed by atoms with van der Waals surface area (Å²) in [7, 11) is 1.46. The monoisotopic (exact) mass is 233 g/mol. The van der Waals surface area contributed by atoms with Gasteiger partial charge >= 0.3 is 5.97 Å². The number of hydrogen-bond acceptors (Lipinski definition) is 3. The smallest absolute Gasteiger partial charge is 0.313 e. The summed E-state index contributed by atoms with van der Waals surface area (Å²) >= 11 is 0. The number of nitrogens with one attached hydrogen (secondary N) is 1. The topological polar surface area (TPSA) is 38.3 Å². The summed E-state index contributed by atoms with van der Waals surface area (Å²) in [5.41, 5.74) is 1.11. The van der Waals surface area contributed by atoms with Crippen LogP contribution < -0.4 is 5.32 Å². The van der Waals surface area contributed by atoms with E-state index in [0.717, 1.165) is 32.4 Å². The van der Waals surface area contributed by atoms with Crippen LogP contribution in [0.15, 0.2) is 30.3 Å². The fraction of sp³-hybridized carbons (Fsp3) is 0.500. The highest BCUT2D eigenvalue weighted by atomic mass is 16.5. The molecule has 1 aromatic carbocycles. The van der Waals surface area contributed by atoms with E-state index in [4.69, 9.17) is 4.74 Å². The summed E-state index contributed by atoms with van der Waals surface area (Å²) in [6.45, 7) is 1.65. The van der Waals surface area contributed by atoms with Crippen molar-refractivity contribution >= 4 is 5.97 Å². The number of ether oxygens (including phenoxy) is 1. The summed E-state index contributed by atoms with van der Waals surface area (Å²) in [5, 5.41) is 3.35. The zero-order valence-electron chi connectivity index (χ0n) is 10.2. The molecule has 1 aromatic rings. The van der Waals surface area contributed by atoms with Gasteiger partial charge in [0.1, 0.15) is 0 Å². The zero-order valence-corrected chi connectivity index (χ0v) is 10.2. The summed E-state index contributed by atoms with van der Waals surface area (Å²) < 4.78 is 4.81. The van der Waals surface area contributed by atoms with E-state index in [2.05, 4.69) is 17.4 Å². The fourth-order valence-corrected chi connectivity index (χ4v) is 2.03. The van der Waals surface area contributed by atoms with Gasteiger partial charge in [-0.3, -0.25) is 4.79 Å². The van der Waals surface area contributed by atoms with Crippen molar-refractivity contribution < 1.29 is 9.53 Å². The zero-order chi connectivity index (χ0) is 12.1. The molecule has 0 heterocycles. The highest BCUT2D eigenvalue weighted by Gasteiger charge is 2.50. The predicted molar refractivity (Wildman–Crippen MR) is 66.7 cm³/mol. The number of hydrogen-bond donors (Lipinski definition) is 1. The maximum absolute atomic E-state index is 11.5. The number of carbonyl (C=O) groups is 1. The molecule has 1 N–H and O–H groups in total. The molecule has 1 saturated carbocycles. The Balaban J connectivity index is 1.69. The van der Waals surface area contributed by atoms with Gasteiger partial charge in [0.05, 0.1) is 12.5 Å². The summed E-state index contributed by atoms with van der Waals surface area (Å²) in [6, 6.07) is 10.4. The van der Waals surface area contributed by atoms with Gasteiger partial charge in [-0.05, 0) is 31.4 Å². The second kappa shape index (κ2) is 5.32. The Bertz CT molecular complexity index is 371. The summed E-state index contributed by atoms with van der Waals surface area (Å²) in [4.78, 5) is 11.5. The molecule has 0 aromatic heterocycles. The Kier molecular flexibility index (Phi) is 3.79. The van der Waals surface area contributed by atoms with Gasteiger partial charge in [-0.15, -0.1) is 0 Å². The van der Waals surface area contributed by atoms with Crippen LogP contribution in [0.2, 0.25) is 0 Å². The van der Waals surface area contributed by atoms with E-state index >= 15 is 0 Å². The molecule has 1 aliphatic rings. The third kappa shape index (κ3) is 3.07. The van der Waals surface area contributed by atoms with Crippen molar-refractivity contribution in [2.24, 2.45) is 5.41 Å². The van der Waals surface area contributed by atoms with Gasteiger partial charge in [0.25, 0.3) is 0 Å². The molecule has 17 heavy (non-hydrogen) atoms. The first kappa shape index (κ1) is 12.1. The summed E-state index contributed by atoms with van der Waals surface area (Å²) in [5.74, 6) is -0.0651. The molecule has 0 saturated heterocycles. The van der Waals surface area contributed by atoms with Crippen molar-refractivity contribution in [3.05, 3.63) is 35.9 Å². The van der Waals surface area contributed by atoms with Gasteiger partial charge in [0, 0.05) is 6.54 Å². The standard InChI is InChI=1S/C14H19NO2/c1-17-13(16)14(8-9-14)11-15-10-7-12-5-3-2-4-6-12/h2-6,15H,7-11H2,1H3. The molecule has 3 nitrogen and oxygen atoms in total. The molecule has 0 spiro atoms. The van der Waals surface area contributed by atoms with Crippen molar-refractivity contribution in [1.29, 1.82) is 0 Å². The van der Waals surface area contributed by atoms with Crippen molar-refractivity contribution in [2.75, 3.05) is 20.2 Å². The minimum absolute atomic E-state index is 0.0651. The molecule has 0 radical (unpaired) electrons. The van der Waals surface area contributed by atoms with Crippen molar-refractivity contribution in [2.45, 2.75) is 19.3 Å². The van der Waals surface area contributed by atoms with Gasteiger partial charge in [-0.25, -0.2) is 0 Å². The fourth-order valence-electron chi connectivity index (χ4n) is 2.03. The van der Waals surface area contributed by atoms with Gasteiger partial charge in [0.2, 0.25) is 0 Å². The lowest BCUT2D eigenvalue weighted by atomic mass is 10.1. The Morgan fingerprint density at radius 2 is 2.06 bits per heavy atom. The Hall–Kier alpha value is -1.35. The first-order valence-electron chi connectivity index (χ1n) is 6.10. The lowest BCUT2D eigenvalue weighted by Crippen LogP contribution is -2.32. The Morgan fingerprint density at radius 1 is 1.35 bits per heavy atom. The minimum Gasteiger partial charge on any atom is -0.469 e. The van der Waals surface area contributed by atoms with E-state index in [1.807, 2.05) is 18.2 Å². The Labute approximate surface area is 102 Å². The minimum atomic E-state index is -0.217. The van der Waals surface area contributed by atoms with Crippen molar-refractivity contribution in [3.63, 3.8) is 0 Å². The highest BCUT2D eigenvalue weighted by Crippen LogP contribution is 2.45. The van der Waals surface area contributed by atoms with E-state index in [9.17, 15) is 4.79 Å². The number of methoxy groups -OCH3 is 1. The molecular weight excluding hydrogens is 214 g/mol. The van der Waals surface area contributed by atoms with Gasteiger partial charge in [-0.1, -0.05) is 30.3 Å². The third-order valence-corrected chi connectivity index (χ3v) is 3.37. The van der Waals surface area contributed by atoms with Crippen LogP contribution >= 0.6 is 0 Å². The first-order valence-corrected chi connectivity index (χ1v) is 6.10. The molecule has 0 bridgehead atoms. The first-order chi connectivity index (χ1) is 8.27. The second-order valence-electron chi connectivity index (χ2n) is 4.68. The van der Waals surface area contributed by atoms with Gasteiger partial charge in [-0.2, -0.15) is 0 Å². The van der Waals surface area contributed by atoms with E-state index < -0.39 is 0 Å². The van der Waals surface area contributed by atoms with Crippen LogP contribution in [0.3, 0.4) is 0 Å². The molecule has 1 fully saturated rings. The quantitative estimate of drug-likeness (QED) is 0.601. The molecule has 2 rings (SSSR count). The van der Waals surface area contributed by atoms with Crippen LogP contribution in [0.4, 0.5) is 0 Å². The molecule has 0 atom stereocenters. The van der Waals surface area contributed by atoms with Crippen molar-refractivity contribution in [1.82, 2.24) is 5.32 Å². The third-order valence-electron chi connectivity index (χ3n) is 3.37. The molecule has 0 unspecified atom stereocenters. The van der Waals surface area contributed by atoms with Gasteiger partial charge in [0.15, 0.2) is 0 Å². The van der Waals surface area contributed by atoms with Crippen LogP contribution in [0.1, 0.15) is 18.4 Å². The maximum Gasteiger partial charge on any atom is 0.313 e. The molecule has 1 aliphatic carbocycles. The molecule has 0 amide bonds. The SMILES string of the molecule is COC(=O)C1(CNCCc2ccccc2)CC1. The lowest BCUT2D eigenvalue weighted by molar-refractivity contribution is -0.146. The maximum atomic E-state index is 11.5. The van der Waals surface area contributed by atoms with E-state index in [1.165, 1.54) is 12.7 Å². The molecule has 0 aliphatic heterocycles.